The second-order valence-corrected chi connectivity index (χ2v) is 35.7. The van der Waals surface area contributed by atoms with Gasteiger partial charge in [-0.05, 0) is 269 Å². The van der Waals surface area contributed by atoms with Crippen molar-refractivity contribution in [2.45, 2.75) is 0 Å². The minimum atomic E-state index is 0.575. The molecular formula is C132H87N9. The van der Waals surface area contributed by atoms with Crippen LogP contribution in [0, 0.1) is 0 Å². The Balaban J connectivity index is 0.568. The second-order valence-electron chi connectivity index (χ2n) is 35.7. The first-order valence-electron chi connectivity index (χ1n) is 47.7. The first-order valence-corrected chi connectivity index (χ1v) is 47.7. The summed E-state index contributed by atoms with van der Waals surface area (Å²) >= 11 is 0. The average Bonchev–Trinajstić information content (AvgIpc) is 1.57. The number of nitrogens with zero attached hydrogens (tertiary/aromatic N) is 9. The third-order valence-corrected chi connectivity index (χ3v) is 26.9. The Morgan fingerprint density at radius 2 is 0.355 bits per heavy atom. The zero-order valence-electron chi connectivity index (χ0n) is 76.8. The van der Waals surface area contributed by atoms with Gasteiger partial charge in [0.15, 0.2) is 34.9 Å². The fourth-order valence-electron chi connectivity index (χ4n) is 20.2. The van der Waals surface area contributed by atoms with Gasteiger partial charge in [-0.15, -0.1) is 0 Å². The fraction of sp³-hybridized carbons (Fsp3) is 0. The molecule has 0 unspecified atom stereocenters. The zero-order chi connectivity index (χ0) is 93.5. The van der Waals surface area contributed by atoms with Crippen LogP contribution in [0.5, 0.6) is 0 Å². The minimum Gasteiger partial charge on any atom is -0.310 e. The Kier molecular flexibility index (Phi) is 21.8. The van der Waals surface area contributed by atoms with Crippen LogP contribution in [-0.2, 0) is 0 Å². The Morgan fingerprint density at radius 3 is 0.681 bits per heavy atom. The van der Waals surface area contributed by atoms with Gasteiger partial charge in [0.25, 0.3) is 0 Å². The van der Waals surface area contributed by atoms with Crippen molar-refractivity contribution in [3.05, 3.63) is 528 Å². The lowest BCUT2D eigenvalue weighted by atomic mass is 9.93. The summed E-state index contributed by atoms with van der Waals surface area (Å²) in [5.74, 6) is 3.49. The standard InChI is InChI=1S/C132H87N9/c1-10-36-88(37-11-1)106-78-107(89-38-12-2-13-39-89)81-110(80-106)94-48-28-54-102(74-94)129-133-127(92-44-18-5-19-45-92)135-131(137-129)104-56-30-52-100(76-104)117-66-34-68-123-125(117)119-86-98(70-72-121(119)140(123)113-60-24-8-25-61-113)96-50-32-64-115(84-96)139(112-58-22-7-23-59-112)116-65-33-51-97(85-116)99-71-73-122-120(87-99)126-118(67-35-69-124(126)141(122)114-62-26-9-27-63-114)101-53-31-57-105(77-101)132-136-128(93-46-20-6-21-47-93)134-130(138-132)103-55-29-49-95(75-103)111-82-108(90-40-14-3-15-41-90)79-109(83-111)91-42-16-4-17-43-91/h1-87H. The van der Waals surface area contributed by atoms with E-state index in [9.17, 15) is 0 Å². The van der Waals surface area contributed by atoms with Gasteiger partial charge in [0, 0.05) is 83.4 Å². The molecule has 0 aliphatic heterocycles. The van der Waals surface area contributed by atoms with E-state index >= 15 is 0 Å². The molecule has 25 aromatic rings. The first-order chi connectivity index (χ1) is 69.8. The average molecular weight is 1800 g/mol. The SMILES string of the molecule is c1ccc(-c2cc(-c3ccccc3)cc(-c3cccc(-c4nc(-c5ccccc5)nc(-c5cccc(-c6cccc7c6c6cc(-c8cccc(N(c9ccccc9)c9cccc(-c%10ccc%11c(c%10)c%10c(-c%12cccc(-c%13nc(-c%14ccccc%14)nc(-c%14cccc(-c%15cc(-c%16ccccc%16)cc(-c%16ccccc%16)c%15)c%14)n%13)c%12)cccc%10n%11-c%10ccccc%10)c9)c8)ccc6n7-c6ccccc6)c5)n4)c3)c2)cc1. The largest absolute Gasteiger partial charge is 0.310 e. The smallest absolute Gasteiger partial charge is 0.164 e. The first kappa shape index (κ1) is 83.8. The van der Waals surface area contributed by atoms with Gasteiger partial charge in [-0.3, -0.25) is 0 Å². The van der Waals surface area contributed by atoms with Gasteiger partial charge < -0.3 is 14.0 Å². The molecule has 0 bridgehead atoms. The minimum absolute atomic E-state index is 0.575. The van der Waals surface area contributed by atoms with Crippen LogP contribution in [0.1, 0.15) is 0 Å². The molecule has 0 amide bonds. The van der Waals surface area contributed by atoms with E-state index in [1.165, 1.54) is 0 Å². The molecule has 21 aromatic carbocycles. The van der Waals surface area contributed by atoms with E-state index in [0.29, 0.717) is 34.9 Å². The van der Waals surface area contributed by atoms with Gasteiger partial charge in [-0.2, -0.15) is 0 Å². The lowest BCUT2D eigenvalue weighted by molar-refractivity contribution is 1.07. The van der Waals surface area contributed by atoms with E-state index in [1.54, 1.807) is 0 Å². The number of rotatable bonds is 21. The maximum absolute atomic E-state index is 5.42. The summed E-state index contributed by atoms with van der Waals surface area (Å²) in [6.07, 6.45) is 0. The van der Waals surface area contributed by atoms with E-state index in [1.807, 2.05) is 36.4 Å². The molecule has 141 heavy (non-hydrogen) atoms. The van der Waals surface area contributed by atoms with Crippen LogP contribution < -0.4 is 4.90 Å². The highest BCUT2D eigenvalue weighted by molar-refractivity contribution is 6.18. The van der Waals surface area contributed by atoms with Crippen molar-refractivity contribution in [2.24, 2.45) is 0 Å². The lowest BCUT2D eigenvalue weighted by Gasteiger charge is -2.26. The van der Waals surface area contributed by atoms with Gasteiger partial charge in [0.05, 0.1) is 22.1 Å². The number of anilines is 3. The number of hydrogen-bond donors (Lipinski definition) is 0. The van der Waals surface area contributed by atoms with Gasteiger partial charge >= 0.3 is 0 Å². The molecule has 0 radical (unpaired) electrons. The highest BCUT2D eigenvalue weighted by Gasteiger charge is 2.26. The molecule has 9 nitrogen and oxygen atoms in total. The van der Waals surface area contributed by atoms with E-state index < -0.39 is 0 Å². The van der Waals surface area contributed by atoms with Crippen molar-refractivity contribution in [3.8, 4) is 191 Å². The van der Waals surface area contributed by atoms with E-state index in [0.717, 1.165) is 217 Å². The Hall–Kier alpha value is -19.0. The highest BCUT2D eigenvalue weighted by Crippen LogP contribution is 2.48. The van der Waals surface area contributed by atoms with Gasteiger partial charge in [0.2, 0.25) is 0 Å². The van der Waals surface area contributed by atoms with Gasteiger partial charge in [-0.1, -0.05) is 370 Å². The predicted molar refractivity (Wildman–Crippen MR) is 584 cm³/mol. The van der Waals surface area contributed by atoms with Crippen LogP contribution in [-0.4, -0.2) is 39.0 Å². The lowest BCUT2D eigenvalue weighted by Crippen LogP contribution is -2.10. The van der Waals surface area contributed by atoms with Crippen molar-refractivity contribution in [3.63, 3.8) is 0 Å². The fourth-order valence-corrected chi connectivity index (χ4v) is 20.2. The molecule has 9 heteroatoms. The van der Waals surface area contributed by atoms with Crippen molar-refractivity contribution < 1.29 is 0 Å². The topological polar surface area (TPSA) is 90.4 Å². The summed E-state index contributed by atoms with van der Waals surface area (Å²) in [5, 5.41) is 4.51. The van der Waals surface area contributed by atoms with Crippen molar-refractivity contribution >= 4 is 60.7 Å². The molecule has 4 aromatic heterocycles. The number of aromatic nitrogens is 8. The molecule has 0 saturated carbocycles. The Labute approximate surface area is 817 Å². The highest BCUT2D eigenvalue weighted by atomic mass is 15.1. The monoisotopic (exact) mass is 1800 g/mol. The molecule has 0 aliphatic rings. The normalized spacial score (nSPS) is 11.4. The van der Waals surface area contributed by atoms with Crippen LogP contribution in [0.3, 0.4) is 0 Å². The van der Waals surface area contributed by atoms with Crippen LogP contribution in [0.25, 0.3) is 235 Å². The number of fused-ring (bicyclic) bond motifs is 6. The maximum Gasteiger partial charge on any atom is 0.164 e. The molecule has 0 fully saturated rings. The maximum atomic E-state index is 5.42. The molecule has 0 aliphatic carbocycles. The van der Waals surface area contributed by atoms with Crippen LogP contribution in [0.15, 0.2) is 528 Å². The molecule has 660 valence electrons. The van der Waals surface area contributed by atoms with Crippen molar-refractivity contribution in [1.82, 2.24) is 39.0 Å². The van der Waals surface area contributed by atoms with Gasteiger partial charge in [0.1, 0.15) is 0 Å². The van der Waals surface area contributed by atoms with Crippen molar-refractivity contribution in [1.29, 1.82) is 0 Å². The predicted octanol–water partition coefficient (Wildman–Crippen LogP) is 34.4. The van der Waals surface area contributed by atoms with Gasteiger partial charge in [-0.25, -0.2) is 29.9 Å². The summed E-state index contributed by atoms with van der Waals surface area (Å²) < 4.78 is 4.81. The molecule has 25 rings (SSSR count). The summed E-state index contributed by atoms with van der Waals surface area (Å²) in [4.78, 5) is 34.4. The third-order valence-electron chi connectivity index (χ3n) is 26.9. The third kappa shape index (κ3) is 16.4. The number of para-hydroxylation sites is 3. The molecule has 0 spiro atoms. The quantitative estimate of drug-likeness (QED) is 0.0708. The van der Waals surface area contributed by atoms with E-state index in [4.69, 9.17) is 29.9 Å². The van der Waals surface area contributed by atoms with Crippen LogP contribution >= 0.6 is 0 Å². The number of hydrogen-bond acceptors (Lipinski definition) is 7. The summed E-state index contributed by atoms with van der Waals surface area (Å²) in [7, 11) is 0. The molecule has 0 saturated heterocycles. The summed E-state index contributed by atoms with van der Waals surface area (Å²) in [6.45, 7) is 0. The number of benzene rings is 21. The zero-order valence-corrected chi connectivity index (χ0v) is 76.8. The van der Waals surface area contributed by atoms with Crippen LogP contribution in [0.2, 0.25) is 0 Å². The Morgan fingerprint density at radius 1 is 0.135 bits per heavy atom. The van der Waals surface area contributed by atoms with E-state index in [2.05, 4.69) is 505 Å². The summed E-state index contributed by atoms with van der Waals surface area (Å²) in [6, 6.07) is 189. The van der Waals surface area contributed by atoms with Crippen LogP contribution in [0.4, 0.5) is 17.1 Å². The summed E-state index contributed by atoms with van der Waals surface area (Å²) in [5.41, 5.74) is 36.9. The Bertz CT molecular complexity index is 8380. The molecular weight excluding hydrogens is 1710 g/mol. The van der Waals surface area contributed by atoms with Crippen molar-refractivity contribution in [2.75, 3.05) is 4.90 Å². The molecule has 0 N–H and O–H groups in total. The molecule has 4 heterocycles. The van der Waals surface area contributed by atoms with E-state index in [-0.39, 0.29) is 0 Å². The molecule has 0 atom stereocenters. The second kappa shape index (κ2) is 36.7.